The Kier molecular flexibility index (Phi) is 4.97. The predicted octanol–water partition coefficient (Wildman–Crippen LogP) is 1.07. The van der Waals surface area contributed by atoms with E-state index in [-0.39, 0.29) is 0 Å². The maximum Gasteiger partial charge on any atom is 0.407 e. The van der Waals surface area contributed by atoms with Gasteiger partial charge < -0.3 is 14.8 Å². The fraction of sp³-hybridized carbons (Fsp3) is 0.778. The highest BCUT2D eigenvalue weighted by Crippen LogP contribution is 2.05. The Morgan fingerprint density at radius 3 is 2.36 bits per heavy atom. The van der Waals surface area contributed by atoms with Gasteiger partial charge in [0.1, 0.15) is 5.54 Å². The number of carbonyl (C=O) groups excluding carboxylic acids is 2. The van der Waals surface area contributed by atoms with Gasteiger partial charge in [-0.15, -0.1) is 0 Å². The second-order valence-corrected chi connectivity index (χ2v) is 3.38. The van der Waals surface area contributed by atoms with Gasteiger partial charge in [0.05, 0.1) is 13.7 Å². The average Bonchev–Trinajstić information content (AvgIpc) is 2.13. The topological polar surface area (TPSA) is 64.6 Å². The first kappa shape index (κ1) is 12.7. The molecule has 0 aromatic carbocycles. The Balaban J connectivity index is 4.15. The minimum atomic E-state index is -1.05. The predicted molar refractivity (Wildman–Crippen MR) is 50.9 cm³/mol. The van der Waals surface area contributed by atoms with Gasteiger partial charge >= 0.3 is 12.1 Å². The summed E-state index contributed by atoms with van der Waals surface area (Å²) >= 11 is 0. The first-order valence-corrected chi connectivity index (χ1v) is 4.47. The van der Waals surface area contributed by atoms with Gasteiger partial charge in [0, 0.05) is 0 Å². The number of carbonyl (C=O) groups is 2. The second kappa shape index (κ2) is 5.47. The van der Waals surface area contributed by atoms with Crippen LogP contribution in [-0.2, 0) is 14.3 Å². The molecule has 0 fully saturated rings. The lowest BCUT2D eigenvalue weighted by molar-refractivity contribution is -0.150. The van der Waals surface area contributed by atoms with Crippen LogP contribution in [0.5, 0.6) is 0 Å². The van der Waals surface area contributed by atoms with Gasteiger partial charge in [-0.3, -0.25) is 0 Å². The van der Waals surface area contributed by atoms with Crippen LogP contribution in [0.25, 0.3) is 0 Å². The SMILES string of the molecule is CCCOC(=O)C(C)(C)NC(=O)OC. The molecule has 14 heavy (non-hydrogen) atoms. The van der Waals surface area contributed by atoms with Crippen LogP contribution < -0.4 is 5.32 Å². The third-order valence-electron chi connectivity index (χ3n) is 1.55. The summed E-state index contributed by atoms with van der Waals surface area (Å²) in [5, 5.41) is 2.38. The van der Waals surface area contributed by atoms with Crippen LogP contribution >= 0.6 is 0 Å². The molecule has 0 heterocycles. The molecule has 0 spiro atoms. The molecule has 0 radical (unpaired) electrons. The molecule has 0 unspecified atom stereocenters. The van der Waals surface area contributed by atoms with E-state index in [2.05, 4.69) is 10.1 Å². The zero-order chi connectivity index (χ0) is 11.2. The molecule has 82 valence electrons. The molecule has 0 rings (SSSR count). The molecule has 1 N–H and O–H groups in total. The van der Waals surface area contributed by atoms with Crippen molar-refractivity contribution in [2.45, 2.75) is 32.7 Å². The summed E-state index contributed by atoms with van der Waals surface area (Å²) < 4.78 is 9.28. The molecule has 1 amide bonds. The number of esters is 1. The van der Waals surface area contributed by atoms with Crippen molar-refractivity contribution in [2.24, 2.45) is 0 Å². The number of hydrogen-bond donors (Lipinski definition) is 1. The summed E-state index contributed by atoms with van der Waals surface area (Å²) in [7, 11) is 1.24. The van der Waals surface area contributed by atoms with Crippen molar-refractivity contribution in [2.75, 3.05) is 13.7 Å². The monoisotopic (exact) mass is 203 g/mol. The molecule has 0 aliphatic rings. The maximum atomic E-state index is 11.4. The molecular formula is C9H17NO4. The normalized spacial score (nSPS) is 10.6. The minimum absolute atomic E-state index is 0.352. The van der Waals surface area contributed by atoms with Gasteiger partial charge in [-0.1, -0.05) is 6.92 Å². The molecule has 0 saturated carbocycles. The minimum Gasteiger partial charge on any atom is -0.464 e. The molecule has 0 aromatic heterocycles. The van der Waals surface area contributed by atoms with E-state index >= 15 is 0 Å². The van der Waals surface area contributed by atoms with Crippen LogP contribution in [0, 0.1) is 0 Å². The van der Waals surface area contributed by atoms with Crippen molar-refractivity contribution < 1.29 is 19.1 Å². The van der Waals surface area contributed by atoms with Gasteiger partial charge in [0.25, 0.3) is 0 Å². The standard InChI is InChI=1S/C9H17NO4/c1-5-6-14-7(11)9(2,3)10-8(12)13-4/h5-6H2,1-4H3,(H,10,12). The molecule has 0 saturated heterocycles. The molecule has 5 nitrogen and oxygen atoms in total. The maximum absolute atomic E-state index is 11.4. The second-order valence-electron chi connectivity index (χ2n) is 3.38. The summed E-state index contributed by atoms with van der Waals surface area (Å²) in [5.41, 5.74) is -1.05. The zero-order valence-electron chi connectivity index (χ0n) is 9.05. The Morgan fingerprint density at radius 2 is 1.93 bits per heavy atom. The Morgan fingerprint density at radius 1 is 1.36 bits per heavy atom. The molecule has 0 atom stereocenters. The van der Waals surface area contributed by atoms with E-state index in [1.165, 1.54) is 7.11 Å². The summed E-state index contributed by atoms with van der Waals surface area (Å²) in [6.45, 7) is 5.36. The van der Waals surface area contributed by atoms with Crippen molar-refractivity contribution >= 4 is 12.1 Å². The summed E-state index contributed by atoms with van der Waals surface area (Å²) in [5.74, 6) is -0.468. The fourth-order valence-corrected chi connectivity index (χ4v) is 0.732. The lowest BCUT2D eigenvalue weighted by atomic mass is 10.1. The first-order valence-electron chi connectivity index (χ1n) is 4.47. The van der Waals surface area contributed by atoms with Crippen molar-refractivity contribution in [3.8, 4) is 0 Å². The number of ether oxygens (including phenoxy) is 2. The molecule has 0 aliphatic heterocycles. The summed E-state index contributed by atoms with van der Waals surface area (Å²) in [6, 6.07) is 0. The number of nitrogens with one attached hydrogen (secondary N) is 1. The van der Waals surface area contributed by atoms with Crippen LogP contribution in [0.3, 0.4) is 0 Å². The smallest absolute Gasteiger partial charge is 0.407 e. The van der Waals surface area contributed by atoms with E-state index in [4.69, 9.17) is 4.74 Å². The molecular weight excluding hydrogens is 186 g/mol. The van der Waals surface area contributed by atoms with E-state index < -0.39 is 17.6 Å². The Labute approximate surface area is 83.8 Å². The van der Waals surface area contributed by atoms with E-state index in [0.29, 0.717) is 6.61 Å². The number of rotatable bonds is 4. The zero-order valence-corrected chi connectivity index (χ0v) is 9.05. The van der Waals surface area contributed by atoms with Crippen LogP contribution in [0.4, 0.5) is 4.79 Å². The van der Waals surface area contributed by atoms with Crippen molar-refractivity contribution in [3.63, 3.8) is 0 Å². The number of methoxy groups -OCH3 is 1. The van der Waals surface area contributed by atoms with Gasteiger partial charge in [0.2, 0.25) is 0 Å². The fourth-order valence-electron chi connectivity index (χ4n) is 0.732. The van der Waals surface area contributed by atoms with Crippen LogP contribution in [0.1, 0.15) is 27.2 Å². The average molecular weight is 203 g/mol. The van der Waals surface area contributed by atoms with Gasteiger partial charge in [-0.05, 0) is 20.3 Å². The molecule has 0 aromatic rings. The molecule has 0 aliphatic carbocycles. The van der Waals surface area contributed by atoms with Gasteiger partial charge in [0.15, 0.2) is 0 Å². The van der Waals surface area contributed by atoms with E-state index in [0.717, 1.165) is 6.42 Å². The van der Waals surface area contributed by atoms with Gasteiger partial charge in [-0.25, -0.2) is 9.59 Å². The Hall–Kier alpha value is -1.26. The third kappa shape index (κ3) is 4.11. The van der Waals surface area contributed by atoms with Crippen molar-refractivity contribution in [3.05, 3.63) is 0 Å². The van der Waals surface area contributed by atoms with Crippen LogP contribution in [-0.4, -0.2) is 31.3 Å². The third-order valence-corrected chi connectivity index (χ3v) is 1.55. The highest BCUT2D eigenvalue weighted by Gasteiger charge is 2.31. The quantitative estimate of drug-likeness (QED) is 0.694. The van der Waals surface area contributed by atoms with Crippen molar-refractivity contribution in [1.82, 2.24) is 5.32 Å². The Bertz CT molecular complexity index is 213. The lowest BCUT2D eigenvalue weighted by Gasteiger charge is -2.22. The van der Waals surface area contributed by atoms with Crippen molar-refractivity contribution in [1.29, 1.82) is 0 Å². The largest absolute Gasteiger partial charge is 0.464 e. The summed E-state index contributed by atoms with van der Waals surface area (Å²) in [4.78, 5) is 22.2. The number of alkyl carbamates (subject to hydrolysis) is 1. The first-order chi connectivity index (χ1) is 6.44. The highest BCUT2D eigenvalue weighted by molar-refractivity contribution is 5.84. The van der Waals surface area contributed by atoms with E-state index in [9.17, 15) is 9.59 Å². The highest BCUT2D eigenvalue weighted by atomic mass is 16.5. The molecule has 5 heteroatoms. The van der Waals surface area contributed by atoms with E-state index in [1.807, 2.05) is 6.92 Å². The summed E-state index contributed by atoms with van der Waals surface area (Å²) in [6.07, 6.45) is 0.100. The number of hydrogen-bond acceptors (Lipinski definition) is 4. The van der Waals surface area contributed by atoms with Crippen LogP contribution in [0.2, 0.25) is 0 Å². The van der Waals surface area contributed by atoms with E-state index in [1.54, 1.807) is 13.8 Å². The van der Waals surface area contributed by atoms with Gasteiger partial charge in [-0.2, -0.15) is 0 Å². The lowest BCUT2D eigenvalue weighted by Crippen LogP contribution is -2.50. The number of amides is 1. The molecule has 0 bridgehead atoms. The van der Waals surface area contributed by atoms with Crippen LogP contribution in [0.15, 0.2) is 0 Å².